The minimum atomic E-state index is -0.553. The van der Waals surface area contributed by atoms with Crippen LogP contribution in [0.3, 0.4) is 0 Å². The van der Waals surface area contributed by atoms with Crippen molar-refractivity contribution in [2.75, 3.05) is 6.54 Å². The van der Waals surface area contributed by atoms with E-state index >= 15 is 0 Å². The standard InChI is InChI=1S/C11H12FNO3/c1-8(14)5-10(7-13(15)16)9-3-2-4-11(12)6-9/h2-4,6,10H,5,7H2,1H3/t10-/m1/s1. The first-order valence-electron chi connectivity index (χ1n) is 4.85. The zero-order valence-electron chi connectivity index (χ0n) is 8.85. The molecule has 0 fully saturated rings. The van der Waals surface area contributed by atoms with Crippen LogP contribution in [0.5, 0.6) is 0 Å². The number of hydrogen-bond acceptors (Lipinski definition) is 3. The summed E-state index contributed by atoms with van der Waals surface area (Å²) in [5, 5.41) is 10.4. The minimum Gasteiger partial charge on any atom is -0.300 e. The zero-order valence-corrected chi connectivity index (χ0v) is 8.85. The van der Waals surface area contributed by atoms with Gasteiger partial charge in [-0.3, -0.25) is 10.1 Å². The molecule has 0 aliphatic carbocycles. The number of rotatable bonds is 5. The van der Waals surface area contributed by atoms with E-state index in [0.29, 0.717) is 5.56 Å². The first kappa shape index (κ1) is 12.3. The molecule has 0 heterocycles. The van der Waals surface area contributed by atoms with Crippen molar-refractivity contribution in [3.63, 3.8) is 0 Å². The van der Waals surface area contributed by atoms with Crippen LogP contribution < -0.4 is 0 Å². The van der Waals surface area contributed by atoms with E-state index in [1.54, 1.807) is 6.07 Å². The summed E-state index contributed by atoms with van der Waals surface area (Å²) in [5.41, 5.74) is 0.493. The fraction of sp³-hybridized carbons (Fsp3) is 0.364. The maximum Gasteiger partial charge on any atom is 0.211 e. The van der Waals surface area contributed by atoms with E-state index in [2.05, 4.69) is 0 Å². The number of benzene rings is 1. The summed E-state index contributed by atoms with van der Waals surface area (Å²) in [4.78, 5) is 20.9. The molecule has 5 heteroatoms. The maximum atomic E-state index is 12.9. The predicted octanol–water partition coefficient (Wildman–Crippen LogP) is 2.17. The lowest BCUT2D eigenvalue weighted by Crippen LogP contribution is -2.15. The molecule has 1 atom stereocenters. The normalized spacial score (nSPS) is 12.1. The van der Waals surface area contributed by atoms with Crippen molar-refractivity contribution in [1.29, 1.82) is 0 Å². The second kappa shape index (κ2) is 5.34. The SMILES string of the molecule is CC(=O)C[C@H](C[N+](=O)[O-])c1cccc(F)c1. The quantitative estimate of drug-likeness (QED) is 0.570. The van der Waals surface area contributed by atoms with E-state index in [9.17, 15) is 19.3 Å². The van der Waals surface area contributed by atoms with E-state index in [1.165, 1.54) is 25.1 Å². The van der Waals surface area contributed by atoms with Crippen LogP contribution >= 0.6 is 0 Å². The maximum absolute atomic E-state index is 12.9. The second-order valence-corrected chi connectivity index (χ2v) is 3.67. The van der Waals surface area contributed by atoms with E-state index in [0.717, 1.165) is 0 Å². The third kappa shape index (κ3) is 3.76. The van der Waals surface area contributed by atoms with Crippen LogP contribution in [0.25, 0.3) is 0 Å². The van der Waals surface area contributed by atoms with Gasteiger partial charge in [-0.25, -0.2) is 4.39 Å². The number of carbonyl (C=O) groups excluding carboxylic acids is 1. The van der Waals surface area contributed by atoms with Gasteiger partial charge in [-0.15, -0.1) is 0 Å². The molecule has 0 aliphatic heterocycles. The summed E-state index contributed by atoms with van der Waals surface area (Å²) in [6.07, 6.45) is 0.0600. The number of halogens is 1. The minimum absolute atomic E-state index is 0.0600. The summed E-state index contributed by atoms with van der Waals surface area (Å²) < 4.78 is 12.9. The van der Waals surface area contributed by atoms with Crippen LogP contribution in [-0.2, 0) is 4.79 Å². The molecule has 0 N–H and O–H groups in total. The molecule has 0 amide bonds. The van der Waals surface area contributed by atoms with Gasteiger partial charge in [-0.2, -0.15) is 0 Å². The molecule has 0 bridgehead atoms. The van der Waals surface area contributed by atoms with Crippen LogP contribution in [0, 0.1) is 15.9 Å². The molecule has 0 aromatic heterocycles. The van der Waals surface area contributed by atoms with Crippen molar-refractivity contribution in [3.05, 3.63) is 45.8 Å². The van der Waals surface area contributed by atoms with Crippen molar-refractivity contribution >= 4 is 5.78 Å². The van der Waals surface area contributed by atoms with Crippen LogP contribution in [0.15, 0.2) is 24.3 Å². The molecule has 0 saturated heterocycles. The van der Waals surface area contributed by atoms with Gasteiger partial charge in [-0.1, -0.05) is 12.1 Å². The first-order chi connectivity index (χ1) is 7.49. The van der Waals surface area contributed by atoms with Crippen LogP contribution in [0.4, 0.5) is 4.39 Å². The Morgan fingerprint density at radius 3 is 2.75 bits per heavy atom. The number of nitrogens with zero attached hydrogens (tertiary/aromatic N) is 1. The molecule has 16 heavy (non-hydrogen) atoms. The Bertz CT molecular complexity index is 390. The summed E-state index contributed by atoms with van der Waals surface area (Å²) in [7, 11) is 0. The van der Waals surface area contributed by atoms with Crippen molar-refractivity contribution in [1.82, 2.24) is 0 Å². The van der Waals surface area contributed by atoms with Gasteiger partial charge < -0.3 is 4.79 Å². The molecule has 0 spiro atoms. The Labute approximate surface area is 92.2 Å². The highest BCUT2D eigenvalue weighted by Gasteiger charge is 2.19. The molecule has 1 rings (SSSR count). The van der Waals surface area contributed by atoms with Crippen LogP contribution in [0.1, 0.15) is 24.8 Å². The lowest BCUT2D eigenvalue weighted by molar-refractivity contribution is -0.483. The lowest BCUT2D eigenvalue weighted by Gasteiger charge is -2.11. The molecule has 0 saturated carbocycles. The number of ketones is 1. The van der Waals surface area contributed by atoms with Gasteiger partial charge in [0.25, 0.3) is 0 Å². The Kier molecular flexibility index (Phi) is 4.10. The fourth-order valence-electron chi connectivity index (χ4n) is 1.58. The molecule has 4 nitrogen and oxygen atoms in total. The van der Waals surface area contributed by atoms with E-state index < -0.39 is 16.7 Å². The third-order valence-electron chi connectivity index (χ3n) is 2.22. The van der Waals surface area contributed by atoms with Gasteiger partial charge in [-0.05, 0) is 24.6 Å². The topological polar surface area (TPSA) is 60.2 Å². The van der Waals surface area contributed by atoms with Gasteiger partial charge in [0.15, 0.2) is 0 Å². The number of hydrogen-bond donors (Lipinski definition) is 0. The number of carbonyl (C=O) groups is 1. The van der Waals surface area contributed by atoms with Crippen LogP contribution in [-0.4, -0.2) is 17.3 Å². The van der Waals surface area contributed by atoms with Gasteiger partial charge in [0.2, 0.25) is 6.54 Å². The summed E-state index contributed by atoms with van der Waals surface area (Å²) >= 11 is 0. The Hall–Kier alpha value is -1.78. The van der Waals surface area contributed by atoms with E-state index in [1.807, 2.05) is 0 Å². The fourth-order valence-corrected chi connectivity index (χ4v) is 1.58. The van der Waals surface area contributed by atoms with E-state index in [4.69, 9.17) is 0 Å². The smallest absolute Gasteiger partial charge is 0.211 e. The van der Waals surface area contributed by atoms with Crippen molar-refractivity contribution in [2.24, 2.45) is 0 Å². The molecule has 0 unspecified atom stereocenters. The summed E-state index contributed by atoms with van der Waals surface area (Å²) in [5.74, 6) is -1.14. The summed E-state index contributed by atoms with van der Waals surface area (Å²) in [6.45, 7) is 1.01. The summed E-state index contributed by atoms with van der Waals surface area (Å²) in [6, 6.07) is 5.58. The highest BCUT2D eigenvalue weighted by Crippen LogP contribution is 2.21. The molecular formula is C11H12FNO3. The Balaban J connectivity index is 2.90. The van der Waals surface area contributed by atoms with E-state index in [-0.39, 0.29) is 18.7 Å². The van der Waals surface area contributed by atoms with Crippen molar-refractivity contribution < 1.29 is 14.1 Å². The van der Waals surface area contributed by atoms with Crippen molar-refractivity contribution in [3.8, 4) is 0 Å². The molecular weight excluding hydrogens is 213 g/mol. The average Bonchev–Trinajstić information content (AvgIpc) is 2.15. The molecule has 1 aromatic rings. The molecule has 86 valence electrons. The average molecular weight is 225 g/mol. The molecule has 1 aromatic carbocycles. The number of nitro groups is 1. The van der Waals surface area contributed by atoms with Crippen LogP contribution in [0.2, 0.25) is 0 Å². The van der Waals surface area contributed by atoms with Gasteiger partial charge in [0.05, 0.1) is 5.92 Å². The third-order valence-corrected chi connectivity index (χ3v) is 2.22. The van der Waals surface area contributed by atoms with Gasteiger partial charge >= 0.3 is 0 Å². The number of Topliss-reactive ketones (excluding diaryl/α,β-unsaturated/α-hetero) is 1. The Morgan fingerprint density at radius 1 is 1.56 bits per heavy atom. The largest absolute Gasteiger partial charge is 0.300 e. The first-order valence-corrected chi connectivity index (χ1v) is 4.85. The lowest BCUT2D eigenvalue weighted by atomic mass is 9.94. The van der Waals surface area contributed by atoms with Gasteiger partial charge in [0, 0.05) is 11.3 Å². The zero-order chi connectivity index (χ0) is 12.1. The highest BCUT2D eigenvalue weighted by molar-refractivity contribution is 5.76. The predicted molar refractivity (Wildman–Crippen MR) is 56.3 cm³/mol. The van der Waals surface area contributed by atoms with Gasteiger partial charge in [0.1, 0.15) is 11.6 Å². The highest BCUT2D eigenvalue weighted by atomic mass is 19.1. The van der Waals surface area contributed by atoms with Crippen molar-refractivity contribution in [2.45, 2.75) is 19.3 Å². The molecule has 0 aliphatic rings. The monoisotopic (exact) mass is 225 g/mol. The Morgan fingerprint density at radius 2 is 2.25 bits per heavy atom. The molecule has 0 radical (unpaired) electrons. The second-order valence-electron chi connectivity index (χ2n) is 3.67.